The number of rotatable bonds is 1. The largest absolute Gasteiger partial charge is 0.441 e. The van der Waals surface area contributed by atoms with E-state index in [1.165, 1.54) is 0 Å². The number of hydrogen-bond donors (Lipinski definition) is 0. The van der Waals surface area contributed by atoms with Crippen LogP contribution in [0, 0.1) is 0 Å². The predicted octanol–water partition coefficient (Wildman–Crippen LogP) is 4.01. The molecule has 0 bridgehead atoms. The number of nitrogens with zero attached hydrogens (tertiary/aromatic N) is 2. The molecule has 0 aliphatic carbocycles. The molecule has 16 heavy (non-hydrogen) atoms. The molecule has 0 atom stereocenters. The van der Waals surface area contributed by atoms with Gasteiger partial charge in [0.1, 0.15) is 4.60 Å². The van der Waals surface area contributed by atoms with E-state index in [-0.39, 0.29) is 0 Å². The minimum absolute atomic E-state index is 0.360. The van der Waals surface area contributed by atoms with Crippen molar-refractivity contribution in [1.29, 1.82) is 0 Å². The van der Waals surface area contributed by atoms with E-state index >= 15 is 0 Å². The Morgan fingerprint density at radius 1 is 1.25 bits per heavy atom. The van der Waals surface area contributed by atoms with Gasteiger partial charge in [-0.1, -0.05) is 6.07 Å². The molecule has 0 spiro atoms. The third kappa shape index (κ3) is 1.45. The Bertz CT molecular complexity index is 659. The number of aromatic nitrogens is 2. The van der Waals surface area contributed by atoms with Crippen molar-refractivity contribution in [3.05, 3.63) is 46.4 Å². The van der Waals surface area contributed by atoms with E-state index < -0.39 is 0 Å². The highest BCUT2D eigenvalue weighted by molar-refractivity contribution is 9.10. The number of fused-ring (bicyclic) bond motifs is 1. The van der Waals surface area contributed by atoms with Gasteiger partial charge in [0.15, 0.2) is 16.8 Å². The third-order valence-corrected chi connectivity index (χ3v) is 3.08. The van der Waals surface area contributed by atoms with E-state index in [1.807, 2.05) is 28.8 Å². The number of halogens is 2. The summed E-state index contributed by atoms with van der Waals surface area (Å²) in [6.07, 6.45) is 1.93. The molecule has 3 aromatic heterocycles. The molecule has 5 heteroatoms. The van der Waals surface area contributed by atoms with E-state index in [2.05, 4.69) is 20.9 Å². The summed E-state index contributed by atoms with van der Waals surface area (Å²) in [5.41, 5.74) is 0.991. The summed E-state index contributed by atoms with van der Waals surface area (Å²) < 4.78 is 8.08. The first-order valence-electron chi connectivity index (χ1n) is 4.64. The molecule has 0 saturated heterocycles. The van der Waals surface area contributed by atoms with Crippen LogP contribution in [0.4, 0.5) is 0 Å². The molecular formula is C11H6BrClN2O. The monoisotopic (exact) mass is 296 g/mol. The van der Waals surface area contributed by atoms with Gasteiger partial charge in [0, 0.05) is 6.20 Å². The summed E-state index contributed by atoms with van der Waals surface area (Å²) in [6.45, 7) is 0. The van der Waals surface area contributed by atoms with Crippen LogP contribution in [-0.2, 0) is 0 Å². The maximum Gasteiger partial charge on any atom is 0.194 e. The maximum absolute atomic E-state index is 5.75. The zero-order valence-corrected chi connectivity index (χ0v) is 10.4. The number of furan rings is 1. The van der Waals surface area contributed by atoms with E-state index in [0.29, 0.717) is 11.0 Å². The van der Waals surface area contributed by atoms with Gasteiger partial charge in [-0.3, -0.25) is 4.40 Å². The van der Waals surface area contributed by atoms with Crippen molar-refractivity contribution in [2.45, 2.75) is 0 Å². The van der Waals surface area contributed by atoms with Crippen LogP contribution in [0.5, 0.6) is 0 Å². The van der Waals surface area contributed by atoms with Crippen molar-refractivity contribution >= 4 is 33.0 Å². The normalized spacial score (nSPS) is 11.1. The molecule has 3 nitrogen and oxygen atoms in total. The average molecular weight is 298 g/mol. The molecule has 0 amide bonds. The van der Waals surface area contributed by atoms with Crippen molar-refractivity contribution in [3.63, 3.8) is 0 Å². The van der Waals surface area contributed by atoms with Crippen LogP contribution in [0.1, 0.15) is 0 Å². The highest BCUT2D eigenvalue weighted by atomic mass is 79.9. The molecule has 80 valence electrons. The molecule has 0 fully saturated rings. The molecule has 3 heterocycles. The van der Waals surface area contributed by atoms with Crippen molar-refractivity contribution < 1.29 is 4.42 Å². The van der Waals surface area contributed by atoms with Crippen molar-refractivity contribution in [2.75, 3.05) is 0 Å². The lowest BCUT2D eigenvalue weighted by Crippen LogP contribution is -1.86. The first-order chi connectivity index (χ1) is 7.75. The summed E-state index contributed by atoms with van der Waals surface area (Å²) in [5.74, 6) is 1.38. The fourth-order valence-corrected chi connectivity index (χ4v) is 2.25. The van der Waals surface area contributed by atoms with Crippen molar-refractivity contribution in [2.24, 2.45) is 0 Å². The topological polar surface area (TPSA) is 30.4 Å². The fraction of sp³-hybridized carbons (Fsp3) is 0. The first kappa shape index (κ1) is 9.93. The Morgan fingerprint density at radius 2 is 2.12 bits per heavy atom. The van der Waals surface area contributed by atoms with Gasteiger partial charge in [0.05, 0.1) is 5.52 Å². The van der Waals surface area contributed by atoms with Gasteiger partial charge in [-0.15, -0.1) is 0 Å². The summed E-state index contributed by atoms with van der Waals surface area (Å²) in [7, 11) is 0. The molecule has 0 aromatic carbocycles. The van der Waals surface area contributed by atoms with Crippen molar-refractivity contribution in [1.82, 2.24) is 9.38 Å². The van der Waals surface area contributed by atoms with Gasteiger partial charge in [-0.25, -0.2) is 4.98 Å². The molecule has 0 unspecified atom stereocenters. The molecular weight excluding hydrogens is 291 g/mol. The Hall–Kier alpha value is -1.26. The lowest BCUT2D eigenvalue weighted by Gasteiger charge is -1.96. The summed E-state index contributed by atoms with van der Waals surface area (Å²) in [4.78, 5) is 4.40. The first-order valence-corrected chi connectivity index (χ1v) is 5.81. The predicted molar refractivity (Wildman–Crippen MR) is 65.6 cm³/mol. The fourth-order valence-electron chi connectivity index (χ4n) is 1.61. The highest BCUT2D eigenvalue weighted by Gasteiger charge is 2.13. The van der Waals surface area contributed by atoms with Crippen LogP contribution in [0.3, 0.4) is 0 Å². The van der Waals surface area contributed by atoms with Crippen LogP contribution in [0.2, 0.25) is 5.22 Å². The smallest absolute Gasteiger partial charge is 0.194 e. The minimum Gasteiger partial charge on any atom is -0.441 e. The Labute approximate surface area is 105 Å². The van der Waals surface area contributed by atoms with Gasteiger partial charge >= 0.3 is 0 Å². The quantitative estimate of drug-likeness (QED) is 0.679. The van der Waals surface area contributed by atoms with Crippen molar-refractivity contribution in [3.8, 4) is 11.6 Å². The van der Waals surface area contributed by atoms with E-state index in [4.69, 9.17) is 16.0 Å². The van der Waals surface area contributed by atoms with Gasteiger partial charge in [0.25, 0.3) is 0 Å². The highest BCUT2D eigenvalue weighted by Crippen LogP contribution is 2.28. The second-order valence-electron chi connectivity index (χ2n) is 3.29. The molecule has 0 N–H and O–H groups in total. The molecule has 3 rings (SSSR count). The average Bonchev–Trinajstić information content (AvgIpc) is 2.84. The van der Waals surface area contributed by atoms with Gasteiger partial charge in [-0.05, 0) is 51.8 Å². The maximum atomic E-state index is 5.75. The Balaban J connectivity index is 2.32. The van der Waals surface area contributed by atoms with Gasteiger partial charge in [0.2, 0.25) is 0 Å². The van der Waals surface area contributed by atoms with Gasteiger partial charge < -0.3 is 4.42 Å². The summed E-state index contributed by atoms with van der Waals surface area (Å²) in [5, 5.41) is 0.360. The standard InChI is InChI=1S/C11H6BrClN2O/c12-10-7-3-1-2-6-15(7)11(14-10)8-4-5-9(13)16-8/h1-6H. The van der Waals surface area contributed by atoms with E-state index in [0.717, 1.165) is 15.9 Å². The van der Waals surface area contributed by atoms with E-state index in [9.17, 15) is 0 Å². The summed E-state index contributed by atoms with van der Waals surface area (Å²) in [6, 6.07) is 9.38. The van der Waals surface area contributed by atoms with Crippen LogP contribution in [-0.4, -0.2) is 9.38 Å². The number of hydrogen-bond acceptors (Lipinski definition) is 2. The van der Waals surface area contributed by atoms with Crippen LogP contribution in [0.25, 0.3) is 17.1 Å². The van der Waals surface area contributed by atoms with E-state index in [1.54, 1.807) is 12.1 Å². The lowest BCUT2D eigenvalue weighted by molar-refractivity contribution is 0.579. The number of imidazole rings is 1. The molecule has 0 aliphatic heterocycles. The zero-order chi connectivity index (χ0) is 11.1. The second-order valence-corrected chi connectivity index (χ2v) is 4.41. The molecule has 0 aliphatic rings. The van der Waals surface area contributed by atoms with Crippen LogP contribution < -0.4 is 0 Å². The SMILES string of the molecule is Clc1ccc(-c2nc(Br)c3ccccn23)o1. The van der Waals surface area contributed by atoms with Crippen LogP contribution in [0.15, 0.2) is 45.5 Å². The second kappa shape index (κ2) is 3.64. The minimum atomic E-state index is 0.360. The molecule has 0 radical (unpaired) electrons. The van der Waals surface area contributed by atoms with Gasteiger partial charge in [-0.2, -0.15) is 0 Å². The Kier molecular flexibility index (Phi) is 2.26. The molecule has 3 aromatic rings. The Morgan fingerprint density at radius 3 is 2.88 bits per heavy atom. The molecule has 0 saturated carbocycles. The van der Waals surface area contributed by atoms with Crippen LogP contribution >= 0.6 is 27.5 Å². The third-order valence-electron chi connectivity index (χ3n) is 2.30. The zero-order valence-electron chi connectivity index (χ0n) is 8.02. The number of pyridine rings is 1. The lowest BCUT2D eigenvalue weighted by atomic mass is 10.4. The summed E-state index contributed by atoms with van der Waals surface area (Å²) >= 11 is 9.17.